The van der Waals surface area contributed by atoms with Gasteiger partial charge in [-0.3, -0.25) is 4.98 Å². The van der Waals surface area contributed by atoms with E-state index in [9.17, 15) is 9.18 Å². The first kappa shape index (κ1) is 16.2. The quantitative estimate of drug-likeness (QED) is 0.939. The molecule has 126 valence electrons. The van der Waals surface area contributed by atoms with Gasteiger partial charge in [0.2, 0.25) is 0 Å². The summed E-state index contributed by atoms with van der Waals surface area (Å²) in [5.41, 5.74) is 1.04. The van der Waals surface area contributed by atoms with Gasteiger partial charge < -0.3 is 19.7 Å². The number of aromatic nitrogens is 1. The fraction of sp³-hybridized carbons (Fsp3) is 0.294. The van der Waals surface area contributed by atoms with Gasteiger partial charge in [0.05, 0.1) is 32.1 Å². The van der Waals surface area contributed by atoms with Crippen LogP contribution < -0.4 is 10.1 Å². The zero-order valence-electron chi connectivity index (χ0n) is 13.2. The summed E-state index contributed by atoms with van der Waals surface area (Å²) in [7, 11) is 1.60. The molecule has 1 atom stereocenters. The number of nitrogens with zero attached hydrogens (tertiary/aromatic N) is 2. The minimum absolute atomic E-state index is 0.111. The van der Waals surface area contributed by atoms with Crippen LogP contribution in [0.4, 0.5) is 14.9 Å². The summed E-state index contributed by atoms with van der Waals surface area (Å²) in [6, 6.07) is 8.60. The zero-order chi connectivity index (χ0) is 16.9. The van der Waals surface area contributed by atoms with E-state index in [2.05, 4.69) is 10.3 Å². The molecule has 1 fully saturated rings. The van der Waals surface area contributed by atoms with Crippen molar-refractivity contribution in [1.82, 2.24) is 9.88 Å². The van der Waals surface area contributed by atoms with Crippen LogP contribution in [0.2, 0.25) is 0 Å². The topological polar surface area (TPSA) is 63.7 Å². The Bertz CT molecular complexity index is 726. The van der Waals surface area contributed by atoms with Crippen LogP contribution in [0, 0.1) is 5.82 Å². The highest BCUT2D eigenvalue weighted by atomic mass is 19.1. The molecule has 2 aromatic rings. The number of urea groups is 1. The average molecular weight is 331 g/mol. The molecule has 1 aliphatic rings. The third kappa shape index (κ3) is 3.62. The number of methoxy groups -OCH3 is 1. The number of carbonyl (C=O) groups excluding carboxylic acids is 1. The number of morpholine rings is 1. The van der Waals surface area contributed by atoms with Gasteiger partial charge >= 0.3 is 6.03 Å². The molecular weight excluding hydrogens is 313 g/mol. The maximum absolute atomic E-state index is 13.6. The molecule has 2 heterocycles. The van der Waals surface area contributed by atoms with E-state index in [0.29, 0.717) is 19.7 Å². The van der Waals surface area contributed by atoms with Crippen molar-refractivity contribution in [3.63, 3.8) is 0 Å². The highest BCUT2D eigenvalue weighted by Gasteiger charge is 2.26. The molecule has 1 N–H and O–H groups in total. The van der Waals surface area contributed by atoms with E-state index in [1.807, 2.05) is 24.3 Å². The highest BCUT2D eigenvalue weighted by Crippen LogP contribution is 2.25. The normalized spacial score (nSPS) is 17.4. The van der Waals surface area contributed by atoms with Gasteiger partial charge in [0.15, 0.2) is 5.82 Å². The third-order valence-electron chi connectivity index (χ3n) is 3.83. The Morgan fingerprint density at radius 1 is 1.46 bits per heavy atom. The summed E-state index contributed by atoms with van der Waals surface area (Å²) >= 11 is 0. The van der Waals surface area contributed by atoms with Gasteiger partial charge in [-0.2, -0.15) is 0 Å². The van der Waals surface area contributed by atoms with E-state index in [0.717, 1.165) is 17.5 Å². The second-order valence-electron chi connectivity index (χ2n) is 5.37. The smallest absolute Gasteiger partial charge is 0.322 e. The number of hydrogen-bond acceptors (Lipinski definition) is 4. The van der Waals surface area contributed by atoms with Crippen LogP contribution in [0.3, 0.4) is 0 Å². The molecule has 24 heavy (non-hydrogen) atoms. The monoisotopic (exact) mass is 331 g/mol. The fourth-order valence-electron chi connectivity index (χ4n) is 2.55. The van der Waals surface area contributed by atoms with E-state index in [1.165, 1.54) is 12.3 Å². The standard InChI is InChI=1S/C17H18FN3O3/c1-23-13-4-2-3-12(9-13)16-11-21(7-8-24-16)17(22)20-15-5-6-19-10-14(15)18/h2-6,9-10,16H,7-8,11H2,1H3,(H,19,20,22)/t16-/m1/s1. The summed E-state index contributed by atoms with van der Waals surface area (Å²) in [4.78, 5) is 17.6. The van der Waals surface area contributed by atoms with E-state index in [1.54, 1.807) is 12.0 Å². The number of benzene rings is 1. The minimum atomic E-state index is -0.566. The van der Waals surface area contributed by atoms with E-state index in [-0.39, 0.29) is 17.8 Å². The second-order valence-corrected chi connectivity index (χ2v) is 5.37. The van der Waals surface area contributed by atoms with Crippen LogP contribution in [-0.4, -0.2) is 42.7 Å². The molecule has 3 rings (SSSR count). The number of carbonyl (C=O) groups is 1. The molecule has 1 saturated heterocycles. The Morgan fingerprint density at radius 2 is 2.33 bits per heavy atom. The van der Waals surface area contributed by atoms with Gasteiger partial charge in [-0.1, -0.05) is 12.1 Å². The average Bonchev–Trinajstić information content (AvgIpc) is 2.64. The lowest BCUT2D eigenvalue weighted by atomic mass is 10.1. The van der Waals surface area contributed by atoms with Crippen molar-refractivity contribution in [3.8, 4) is 5.75 Å². The molecule has 1 aromatic heterocycles. The predicted molar refractivity (Wildman–Crippen MR) is 86.5 cm³/mol. The molecule has 7 heteroatoms. The number of nitrogens with one attached hydrogen (secondary N) is 1. The maximum atomic E-state index is 13.6. The lowest BCUT2D eigenvalue weighted by Gasteiger charge is -2.33. The lowest BCUT2D eigenvalue weighted by molar-refractivity contribution is -0.0135. The van der Waals surface area contributed by atoms with E-state index in [4.69, 9.17) is 9.47 Å². The molecule has 0 radical (unpaired) electrons. The first-order valence-electron chi connectivity index (χ1n) is 7.58. The Balaban J connectivity index is 1.68. The minimum Gasteiger partial charge on any atom is -0.497 e. The molecule has 6 nitrogen and oxygen atoms in total. The van der Waals surface area contributed by atoms with Gasteiger partial charge in [0.25, 0.3) is 0 Å². The fourth-order valence-corrected chi connectivity index (χ4v) is 2.55. The van der Waals surface area contributed by atoms with Crippen molar-refractivity contribution < 1.29 is 18.7 Å². The molecule has 0 spiro atoms. The number of halogens is 1. The van der Waals surface area contributed by atoms with Crippen LogP contribution in [0.15, 0.2) is 42.7 Å². The Labute approximate surface area is 139 Å². The van der Waals surface area contributed by atoms with Crippen molar-refractivity contribution in [2.75, 3.05) is 32.1 Å². The van der Waals surface area contributed by atoms with Gasteiger partial charge in [-0.15, -0.1) is 0 Å². The van der Waals surface area contributed by atoms with E-state index < -0.39 is 5.82 Å². The van der Waals surface area contributed by atoms with Crippen molar-refractivity contribution >= 4 is 11.7 Å². The Morgan fingerprint density at radius 3 is 3.12 bits per heavy atom. The number of pyridine rings is 1. The molecule has 0 bridgehead atoms. The zero-order valence-corrected chi connectivity index (χ0v) is 13.2. The summed E-state index contributed by atoms with van der Waals surface area (Å²) < 4.78 is 24.6. The molecule has 2 amide bonds. The summed E-state index contributed by atoms with van der Waals surface area (Å²) in [5, 5.41) is 2.57. The maximum Gasteiger partial charge on any atom is 0.322 e. The van der Waals surface area contributed by atoms with Crippen LogP contribution in [0.25, 0.3) is 0 Å². The van der Waals surface area contributed by atoms with Gasteiger partial charge in [0, 0.05) is 12.7 Å². The van der Waals surface area contributed by atoms with Crippen molar-refractivity contribution in [1.29, 1.82) is 0 Å². The second kappa shape index (κ2) is 7.27. The SMILES string of the molecule is COc1cccc([C@H]2CN(C(=O)Nc3ccncc3F)CCO2)c1. The summed E-state index contributed by atoms with van der Waals surface area (Å²) in [6.07, 6.45) is 2.24. The van der Waals surface area contributed by atoms with Gasteiger partial charge in [0.1, 0.15) is 11.9 Å². The van der Waals surface area contributed by atoms with E-state index >= 15 is 0 Å². The highest BCUT2D eigenvalue weighted by molar-refractivity contribution is 5.89. The van der Waals surface area contributed by atoms with Crippen molar-refractivity contribution in [2.45, 2.75) is 6.10 Å². The summed E-state index contributed by atoms with van der Waals surface area (Å²) in [5.74, 6) is 0.167. The molecule has 1 aliphatic heterocycles. The lowest BCUT2D eigenvalue weighted by Crippen LogP contribution is -2.44. The van der Waals surface area contributed by atoms with Crippen molar-refractivity contribution in [2.24, 2.45) is 0 Å². The van der Waals surface area contributed by atoms with Crippen LogP contribution in [-0.2, 0) is 4.74 Å². The number of ether oxygens (including phenoxy) is 2. The number of amides is 2. The number of rotatable bonds is 3. The first-order chi connectivity index (χ1) is 11.7. The summed E-state index contributed by atoms with van der Waals surface area (Å²) in [6.45, 7) is 1.23. The predicted octanol–water partition coefficient (Wildman–Crippen LogP) is 2.83. The van der Waals surface area contributed by atoms with Gasteiger partial charge in [-0.25, -0.2) is 9.18 Å². The first-order valence-corrected chi connectivity index (χ1v) is 7.58. The molecule has 0 saturated carbocycles. The van der Waals surface area contributed by atoms with Crippen LogP contribution in [0.5, 0.6) is 5.75 Å². The van der Waals surface area contributed by atoms with Crippen LogP contribution >= 0.6 is 0 Å². The Hall–Kier alpha value is -2.67. The number of hydrogen-bond donors (Lipinski definition) is 1. The Kier molecular flexibility index (Phi) is 4.90. The molecular formula is C17H18FN3O3. The largest absolute Gasteiger partial charge is 0.497 e. The third-order valence-corrected chi connectivity index (χ3v) is 3.83. The molecule has 0 aliphatic carbocycles. The number of anilines is 1. The van der Waals surface area contributed by atoms with Gasteiger partial charge in [-0.05, 0) is 23.8 Å². The van der Waals surface area contributed by atoms with Crippen molar-refractivity contribution in [3.05, 3.63) is 54.1 Å². The van der Waals surface area contributed by atoms with Crippen LogP contribution in [0.1, 0.15) is 11.7 Å². The molecule has 1 aromatic carbocycles. The molecule has 0 unspecified atom stereocenters.